The molecule has 1 aliphatic heterocycles. The third-order valence-electron chi connectivity index (χ3n) is 3.82. The zero-order valence-corrected chi connectivity index (χ0v) is 12.1. The Hall–Kier alpha value is -2.17. The Morgan fingerprint density at radius 1 is 1.48 bits per heavy atom. The molecule has 0 amide bonds. The molecule has 11 nitrogen and oxygen atoms in total. The molecule has 0 aromatic carbocycles. The standard InChI is InChI=1S/C12H17N5O6/c13-16-14-4-1-3-12(6-18)9(21)8(20)10(23-12)17-5-2-7(19)15-11(17)22/h2,5,8-10,18,20-21H,1,3-4,6H2,(H,15,19,22)/t8-,9+,10-,12-/m1/s1. The molecule has 126 valence electrons. The molecule has 11 heteroatoms. The van der Waals surface area contributed by atoms with Gasteiger partial charge in [-0.1, -0.05) is 5.11 Å². The van der Waals surface area contributed by atoms with Crippen LogP contribution in [-0.4, -0.2) is 55.8 Å². The molecule has 1 aromatic heterocycles. The summed E-state index contributed by atoms with van der Waals surface area (Å²) in [5.41, 5.74) is 5.33. The summed E-state index contributed by atoms with van der Waals surface area (Å²) in [5, 5.41) is 33.3. The molecule has 0 bridgehead atoms. The van der Waals surface area contributed by atoms with Gasteiger partial charge in [-0.25, -0.2) is 4.79 Å². The number of azide groups is 1. The highest BCUT2D eigenvalue weighted by Crippen LogP contribution is 2.39. The lowest BCUT2D eigenvalue weighted by molar-refractivity contribution is -0.133. The molecule has 0 aliphatic carbocycles. The fraction of sp³-hybridized carbons (Fsp3) is 0.667. The normalized spacial score (nSPS) is 30.1. The smallest absolute Gasteiger partial charge is 0.330 e. The number of aliphatic hydroxyl groups excluding tert-OH is 3. The van der Waals surface area contributed by atoms with E-state index >= 15 is 0 Å². The average Bonchev–Trinajstić information content (AvgIpc) is 2.77. The van der Waals surface area contributed by atoms with E-state index in [0.717, 1.165) is 16.8 Å². The van der Waals surface area contributed by atoms with Crippen LogP contribution >= 0.6 is 0 Å². The van der Waals surface area contributed by atoms with Crippen molar-refractivity contribution < 1.29 is 20.1 Å². The minimum Gasteiger partial charge on any atom is -0.393 e. The van der Waals surface area contributed by atoms with Gasteiger partial charge in [0.1, 0.15) is 17.8 Å². The van der Waals surface area contributed by atoms with Gasteiger partial charge in [-0.15, -0.1) is 0 Å². The Kier molecular flexibility index (Phi) is 5.19. The number of aromatic amines is 1. The van der Waals surface area contributed by atoms with E-state index in [1.54, 1.807) is 0 Å². The summed E-state index contributed by atoms with van der Waals surface area (Å²) < 4.78 is 6.50. The van der Waals surface area contributed by atoms with E-state index in [4.69, 9.17) is 10.3 Å². The number of nitrogens with one attached hydrogen (secondary N) is 1. The van der Waals surface area contributed by atoms with Crippen LogP contribution in [0.2, 0.25) is 0 Å². The van der Waals surface area contributed by atoms with Crippen LogP contribution in [0.3, 0.4) is 0 Å². The molecule has 0 saturated carbocycles. The van der Waals surface area contributed by atoms with Gasteiger partial charge >= 0.3 is 5.69 Å². The number of hydrogen-bond acceptors (Lipinski definition) is 7. The predicted molar refractivity (Wildman–Crippen MR) is 76.5 cm³/mol. The number of H-pyrrole nitrogens is 1. The Balaban J connectivity index is 2.26. The van der Waals surface area contributed by atoms with Gasteiger partial charge in [0.2, 0.25) is 0 Å². The highest BCUT2D eigenvalue weighted by molar-refractivity contribution is 5.02. The van der Waals surface area contributed by atoms with Crippen molar-refractivity contribution in [2.75, 3.05) is 13.2 Å². The average molecular weight is 327 g/mol. The molecular weight excluding hydrogens is 310 g/mol. The van der Waals surface area contributed by atoms with E-state index in [1.807, 2.05) is 4.98 Å². The van der Waals surface area contributed by atoms with Gasteiger partial charge in [-0.3, -0.25) is 14.3 Å². The highest BCUT2D eigenvalue weighted by atomic mass is 16.6. The lowest BCUT2D eigenvalue weighted by Gasteiger charge is -2.29. The number of ether oxygens (including phenoxy) is 1. The molecule has 23 heavy (non-hydrogen) atoms. The van der Waals surface area contributed by atoms with Crippen molar-refractivity contribution in [3.63, 3.8) is 0 Å². The van der Waals surface area contributed by atoms with Gasteiger partial charge in [0, 0.05) is 23.7 Å². The van der Waals surface area contributed by atoms with E-state index in [9.17, 15) is 24.9 Å². The van der Waals surface area contributed by atoms with Crippen LogP contribution < -0.4 is 11.2 Å². The number of hydrogen-bond donors (Lipinski definition) is 4. The van der Waals surface area contributed by atoms with Gasteiger partial charge in [0.05, 0.1) is 6.61 Å². The first-order valence-electron chi connectivity index (χ1n) is 6.92. The van der Waals surface area contributed by atoms with Gasteiger partial charge < -0.3 is 20.1 Å². The molecule has 0 radical (unpaired) electrons. The van der Waals surface area contributed by atoms with E-state index in [1.165, 1.54) is 0 Å². The molecule has 4 atom stereocenters. The molecule has 0 spiro atoms. The summed E-state index contributed by atoms with van der Waals surface area (Å²) >= 11 is 0. The molecule has 2 heterocycles. The molecule has 2 rings (SSSR count). The molecular formula is C12H17N5O6. The Morgan fingerprint density at radius 3 is 2.83 bits per heavy atom. The summed E-state index contributed by atoms with van der Waals surface area (Å²) in [6.07, 6.45) is -2.65. The topological polar surface area (TPSA) is 174 Å². The number of aliphatic hydroxyl groups is 3. The number of rotatable bonds is 6. The number of nitrogens with zero attached hydrogens (tertiary/aromatic N) is 4. The maximum atomic E-state index is 11.8. The first kappa shape index (κ1) is 17.2. The van der Waals surface area contributed by atoms with Gasteiger partial charge in [0.15, 0.2) is 6.23 Å². The predicted octanol–water partition coefficient (Wildman–Crippen LogP) is -1.39. The largest absolute Gasteiger partial charge is 0.393 e. The van der Waals surface area contributed by atoms with Crippen molar-refractivity contribution in [2.24, 2.45) is 5.11 Å². The molecule has 4 N–H and O–H groups in total. The maximum Gasteiger partial charge on any atom is 0.330 e. The lowest BCUT2D eigenvalue weighted by Crippen LogP contribution is -2.46. The molecule has 1 aliphatic rings. The quantitative estimate of drug-likeness (QED) is 0.216. The van der Waals surface area contributed by atoms with E-state index in [2.05, 4.69) is 10.0 Å². The zero-order valence-electron chi connectivity index (χ0n) is 12.1. The van der Waals surface area contributed by atoms with Crippen LogP contribution in [-0.2, 0) is 4.74 Å². The molecule has 1 aromatic rings. The first-order valence-corrected chi connectivity index (χ1v) is 6.92. The summed E-state index contributed by atoms with van der Waals surface area (Å²) in [6.45, 7) is -0.468. The van der Waals surface area contributed by atoms with Crippen molar-refractivity contribution in [3.8, 4) is 0 Å². The van der Waals surface area contributed by atoms with Crippen LogP contribution in [0, 0.1) is 0 Å². The van der Waals surface area contributed by atoms with Crippen molar-refractivity contribution in [1.82, 2.24) is 9.55 Å². The van der Waals surface area contributed by atoms with Crippen molar-refractivity contribution in [2.45, 2.75) is 36.9 Å². The van der Waals surface area contributed by atoms with Crippen molar-refractivity contribution >= 4 is 0 Å². The number of aromatic nitrogens is 2. The zero-order chi connectivity index (χ0) is 17.0. The van der Waals surface area contributed by atoms with Crippen LogP contribution in [0.4, 0.5) is 0 Å². The molecule has 0 unspecified atom stereocenters. The van der Waals surface area contributed by atoms with E-state index in [-0.39, 0.29) is 13.0 Å². The Morgan fingerprint density at radius 2 is 2.22 bits per heavy atom. The summed E-state index contributed by atoms with van der Waals surface area (Å²) in [7, 11) is 0. The van der Waals surface area contributed by atoms with Crippen molar-refractivity contribution in [1.29, 1.82) is 0 Å². The maximum absolute atomic E-state index is 11.8. The molecule has 1 fully saturated rings. The van der Waals surface area contributed by atoms with Crippen LogP contribution in [0.25, 0.3) is 10.4 Å². The minimum absolute atomic E-state index is 0.106. The van der Waals surface area contributed by atoms with Gasteiger partial charge in [-0.2, -0.15) is 0 Å². The Bertz CT molecular complexity index is 710. The second-order valence-electron chi connectivity index (χ2n) is 5.24. The SMILES string of the molecule is [N-]=[N+]=NCCC[C@]1(CO)O[C@@H](n2ccc(=O)[nH]c2=O)[C@H](O)[C@@H]1O. The first-order chi connectivity index (χ1) is 10.9. The summed E-state index contributed by atoms with van der Waals surface area (Å²) in [6, 6.07) is 1.07. The Labute approximate surface area is 129 Å². The second-order valence-corrected chi connectivity index (χ2v) is 5.24. The fourth-order valence-corrected chi connectivity index (χ4v) is 2.61. The van der Waals surface area contributed by atoms with Gasteiger partial charge in [-0.05, 0) is 18.4 Å². The third-order valence-corrected chi connectivity index (χ3v) is 3.82. The third kappa shape index (κ3) is 3.28. The van der Waals surface area contributed by atoms with E-state index in [0.29, 0.717) is 6.42 Å². The highest BCUT2D eigenvalue weighted by Gasteiger charge is 2.54. The van der Waals surface area contributed by atoms with Crippen LogP contribution in [0.5, 0.6) is 0 Å². The summed E-state index contributed by atoms with van der Waals surface area (Å²) in [4.78, 5) is 27.5. The van der Waals surface area contributed by atoms with Crippen molar-refractivity contribution in [3.05, 3.63) is 43.5 Å². The molecule has 1 saturated heterocycles. The lowest BCUT2D eigenvalue weighted by atomic mass is 9.91. The van der Waals surface area contributed by atoms with Crippen LogP contribution in [0.15, 0.2) is 27.0 Å². The summed E-state index contributed by atoms with van der Waals surface area (Å²) in [5.74, 6) is 0. The second kappa shape index (κ2) is 6.94. The van der Waals surface area contributed by atoms with E-state index < -0.39 is 41.9 Å². The monoisotopic (exact) mass is 327 g/mol. The minimum atomic E-state index is -1.50. The van der Waals surface area contributed by atoms with Crippen LogP contribution in [0.1, 0.15) is 19.1 Å². The van der Waals surface area contributed by atoms with Gasteiger partial charge in [0.25, 0.3) is 5.56 Å². The fourth-order valence-electron chi connectivity index (χ4n) is 2.61.